The van der Waals surface area contributed by atoms with Crippen LogP contribution >= 0.6 is 0 Å². The van der Waals surface area contributed by atoms with Crippen molar-refractivity contribution in [3.8, 4) is 0 Å². The highest BCUT2D eigenvalue weighted by Gasteiger charge is 2.11. The molecule has 0 bridgehead atoms. The molecule has 2 amide bonds. The summed E-state index contributed by atoms with van der Waals surface area (Å²) in [5.74, 6) is -0.622. The van der Waals surface area contributed by atoms with Crippen molar-refractivity contribution in [3.63, 3.8) is 0 Å². The smallest absolute Gasteiger partial charge is 0.246 e. The first-order chi connectivity index (χ1) is 15.0. The fourth-order valence-corrected chi connectivity index (χ4v) is 2.75. The molecule has 0 saturated carbocycles. The van der Waals surface area contributed by atoms with E-state index >= 15 is 0 Å². The lowest BCUT2D eigenvalue weighted by atomic mass is 10.2. The minimum Gasteiger partial charge on any atom is -0.862 e. The van der Waals surface area contributed by atoms with Crippen LogP contribution in [-0.4, -0.2) is 76.2 Å². The van der Waals surface area contributed by atoms with Crippen molar-refractivity contribution in [1.82, 2.24) is 21.3 Å². The fraction of sp³-hybridized carbons (Fsp3) is 0.857. The molecule has 0 aliphatic heterocycles. The van der Waals surface area contributed by atoms with Crippen molar-refractivity contribution in [2.24, 2.45) is 5.73 Å². The summed E-state index contributed by atoms with van der Waals surface area (Å²) in [6.45, 7) is 6.73. The molecule has 10 nitrogen and oxygen atoms in total. The van der Waals surface area contributed by atoms with Gasteiger partial charge < -0.3 is 42.3 Å². The summed E-state index contributed by atoms with van der Waals surface area (Å²) >= 11 is 0. The van der Waals surface area contributed by atoms with Crippen LogP contribution in [0.2, 0.25) is 0 Å². The molecule has 0 saturated heterocycles. The molecule has 31 heavy (non-hydrogen) atoms. The first kappa shape index (κ1) is 29.2. The first-order valence-electron chi connectivity index (χ1n) is 11.5. The van der Waals surface area contributed by atoms with Gasteiger partial charge in [0.15, 0.2) is 0 Å². The molecule has 0 aliphatic rings. The van der Waals surface area contributed by atoms with Crippen LogP contribution in [0.15, 0.2) is 0 Å². The van der Waals surface area contributed by atoms with E-state index in [9.17, 15) is 14.7 Å². The number of nitrogens with one attached hydrogen (secondary N) is 5. The quantitative estimate of drug-likeness (QED) is 0.0725. The normalized spacial score (nSPS) is 11.8. The monoisotopic (exact) mass is 443 g/mol. The molecule has 0 heterocycles. The molecule has 0 fully saturated rings. The molecule has 0 aliphatic carbocycles. The number of hydrogen-bond acceptors (Lipinski definition) is 8. The van der Waals surface area contributed by atoms with E-state index in [4.69, 9.17) is 15.9 Å². The van der Waals surface area contributed by atoms with Crippen LogP contribution < -0.4 is 32.1 Å². The molecule has 1 atom stereocenters. The molecule has 10 heteroatoms. The molecule has 7 N–H and O–H groups in total. The van der Waals surface area contributed by atoms with Gasteiger partial charge in [0.1, 0.15) is 6.61 Å². The molecule has 0 aromatic heterocycles. The summed E-state index contributed by atoms with van der Waals surface area (Å²) in [7, 11) is 0. The van der Waals surface area contributed by atoms with Crippen molar-refractivity contribution in [1.29, 1.82) is 5.41 Å². The Morgan fingerprint density at radius 1 is 0.935 bits per heavy atom. The molecule has 0 radical (unpaired) electrons. The van der Waals surface area contributed by atoms with Gasteiger partial charge in [-0.1, -0.05) is 13.3 Å². The number of carbonyl (C=O) groups excluding carboxylic acids is 2. The van der Waals surface area contributed by atoms with Crippen LogP contribution in [0.1, 0.15) is 58.3 Å². The van der Waals surface area contributed by atoms with E-state index in [1.807, 2.05) is 6.92 Å². The van der Waals surface area contributed by atoms with Crippen molar-refractivity contribution in [3.05, 3.63) is 0 Å². The number of hydrogen-bond donors (Lipinski definition) is 6. The second-order valence-electron chi connectivity index (χ2n) is 7.46. The van der Waals surface area contributed by atoms with Crippen LogP contribution in [-0.2, 0) is 14.3 Å². The van der Waals surface area contributed by atoms with Crippen molar-refractivity contribution in [2.45, 2.75) is 64.4 Å². The zero-order valence-electron chi connectivity index (χ0n) is 19.1. The number of rotatable bonds is 22. The molecular formula is C21H43N6O4-. The first-order valence-corrected chi connectivity index (χ1v) is 11.5. The van der Waals surface area contributed by atoms with E-state index in [1.165, 1.54) is 0 Å². The number of ether oxygens (including phenoxy) is 1. The van der Waals surface area contributed by atoms with E-state index in [2.05, 4.69) is 21.3 Å². The number of unbranched alkanes of at least 4 members (excludes halogenated alkanes) is 2. The van der Waals surface area contributed by atoms with Gasteiger partial charge in [-0.3, -0.25) is 9.59 Å². The van der Waals surface area contributed by atoms with Gasteiger partial charge in [0, 0.05) is 26.1 Å². The minimum absolute atomic E-state index is 0.0114. The Labute approximate surface area is 186 Å². The third kappa shape index (κ3) is 21.3. The van der Waals surface area contributed by atoms with Crippen LogP contribution in [0.5, 0.6) is 0 Å². The number of nitrogens with two attached hydrogens (primary N) is 1. The van der Waals surface area contributed by atoms with Gasteiger partial charge in [-0.15, -0.1) is 0 Å². The lowest BCUT2D eigenvalue weighted by molar-refractivity contribution is -0.220. The summed E-state index contributed by atoms with van der Waals surface area (Å²) in [5, 5.41) is 29.7. The van der Waals surface area contributed by atoms with Crippen molar-refractivity contribution < 1.29 is 19.4 Å². The maximum atomic E-state index is 12.0. The Balaban J connectivity index is 3.97. The number of carbonyl (C=O) groups is 2. The Morgan fingerprint density at radius 2 is 1.65 bits per heavy atom. The van der Waals surface area contributed by atoms with E-state index in [-0.39, 0.29) is 30.9 Å². The van der Waals surface area contributed by atoms with Gasteiger partial charge in [-0.05, 0) is 70.6 Å². The zero-order valence-corrected chi connectivity index (χ0v) is 19.1. The SMILES string of the molecule is CCC(=O)NCCCNCCC(CNCCCN)OCC(=O)NCCCCCC(=N)[O-]. The molecule has 0 aromatic rings. The van der Waals surface area contributed by atoms with Crippen molar-refractivity contribution in [2.75, 3.05) is 52.4 Å². The predicted molar refractivity (Wildman–Crippen MR) is 121 cm³/mol. The molecule has 1 unspecified atom stereocenters. The van der Waals surface area contributed by atoms with E-state index in [1.54, 1.807) is 0 Å². The van der Waals surface area contributed by atoms with Crippen LogP contribution in [0.25, 0.3) is 0 Å². The number of amides is 2. The van der Waals surface area contributed by atoms with Gasteiger partial charge in [-0.25, -0.2) is 0 Å². The molecule has 0 spiro atoms. The molecule has 0 aromatic carbocycles. The van der Waals surface area contributed by atoms with Crippen LogP contribution in [0.3, 0.4) is 0 Å². The van der Waals surface area contributed by atoms with E-state index < -0.39 is 5.90 Å². The third-order valence-electron chi connectivity index (χ3n) is 4.60. The van der Waals surface area contributed by atoms with Gasteiger partial charge in [0.25, 0.3) is 0 Å². The van der Waals surface area contributed by atoms with Gasteiger partial charge >= 0.3 is 0 Å². The van der Waals surface area contributed by atoms with Crippen molar-refractivity contribution >= 4 is 17.7 Å². The Kier molecular flexibility index (Phi) is 20.3. The highest BCUT2D eigenvalue weighted by Crippen LogP contribution is 1.99. The highest BCUT2D eigenvalue weighted by atomic mass is 16.5. The van der Waals surface area contributed by atoms with E-state index in [0.29, 0.717) is 39.0 Å². The summed E-state index contributed by atoms with van der Waals surface area (Å²) in [6, 6.07) is 0. The summed E-state index contributed by atoms with van der Waals surface area (Å²) in [5.41, 5.74) is 5.51. The topological polar surface area (TPSA) is 164 Å². The average molecular weight is 444 g/mol. The van der Waals surface area contributed by atoms with Crippen LogP contribution in [0.4, 0.5) is 0 Å². The van der Waals surface area contributed by atoms with E-state index in [0.717, 1.165) is 51.7 Å². The fourth-order valence-electron chi connectivity index (χ4n) is 2.75. The summed E-state index contributed by atoms with van der Waals surface area (Å²) in [4.78, 5) is 23.2. The maximum Gasteiger partial charge on any atom is 0.246 e. The molecule has 0 rings (SSSR count). The van der Waals surface area contributed by atoms with Gasteiger partial charge in [0.2, 0.25) is 11.8 Å². The second kappa shape index (κ2) is 21.5. The Bertz CT molecular complexity index is 479. The zero-order chi connectivity index (χ0) is 23.2. The van der Waals surface area contributed by atoms with Gasteiger partial charge in [0.05, 0.1) is 6.10 Å². The average Bonchev–Trinajstić information content (AvgIpc) is 2.75. The third-order valence-corrected chi connectivity index (χ3v) is 4.60. The molecule has 182 valence electrons. The summed E-state index contributed by atoms with van der Waals surface area (Å²) in [6.07, 6.45) is 5.50. The lowest BCUT2D eigenvalue weighted by Gasteiger charge is -2.19. The molecular weight excluding hydrogens is 400 g/mol. The lowest BCUT2D eigenvalue weighted by Crippen LogP contribution is -2.37. The van der Waals surface area contributed by atoms with Crippen LogP contribution in [0, 0.1) is 5.41 Å². The van der Waals surface area contributed by atoms with Gasteiger partial charge in [-0.2, -0.15) is 0 Å². The maximum absolute atomic E-state index is 12.0. The predicted octanol–water partition coefficient (Wildman–Crippen LogP) is -0.780. The standard InChI is InChI=1S/C21H44N6O4/c1-2-20(29)26-14-7-12-24-15-9-18(16-25-11-6-10-22)31-17-21(30)27-13-5-3-4-8-19(23)28/h18,24-25H,2-17,22H2,1H3,(H2,23,28)(H,26,29)(H,27,30)/p-1. The second-order valence-corrected chi connectivity index (χ2v) is 7.46. The Hall–Kier alpha value is -1.75. The summed E-state index contributed by atoms with van der Waals surface area (Å²) < 4.78 is 5.80. The highest BCUT2D eigenvalue weighted by molar-refractivity contribution is 5.77. The minimum atomic E-state index is -0.540. The largest absolute Gasteiger partial charge is 0.862 e. The Morgan fingerprint density at radius 3 is 2.35 bits per heavy atom.